The molecule has 0 radical (unpaired) electrons. The molecule has 1 atom stereocenters. The second-order valence-corrected chi connectivity index (χ2v) is 12.4. The van der Waals surface area contributed by atoms with Gasteiger partial charge in [0.2, 0.25) is 5.91 Å². The minimum Gasteiger partial charge on any atom is -0.478 e. The van der Waals surface area contributed by atoms with Gasteiger partial charge in [-0.25, -0.2) is 4.39 Å². The maximum Gasteiger partial charge on any atom is 0.265 e. The number of anilines is 1. The quantitative estimate of drug-likeness (QED) is 0.576. The fraction of sp³-hybridized carbons (Fsp3) is 0.423. The normalized spacial score (nSPS) is 18.4. The average Bonchev–Trinajstić information content (AvgIpc) is 3.05. The Bertz CT molecular complexity index is 1180. The van der Waals surface area contributed by atoms with Crippen molar-refractivity contribution in [3.63, 3.8) is 0 Å². The lowest BCUT2D eigenvalue weighted by Crippen LogP contribution is -2.39. The van der Waals surface area contributed by atoms with Crippen LogP contribution < -0.4 is 15.0 Å². The minimum absolute atomic E-state index is 0.0158. The summed E-state index contributed by atoms with van der Waals surface area (Å²) in [6, 6.07) is 8.91. The number of rotatable bonds is 5. The van der Waals surface area contributed by atoms with E-state index in [2.05, 4.69) is 26.1 Å². The maximum atomic E-state index is 15.0. The van der Waals surface area contributed by atoms with Gasteiger partial charge in [0, 0.05) is 0 Å². The molecule has 2 amide bonds. The van der Waals surface area contributed by atoms with Crippen molar-refractivity contribution in [3.8, 4) is 5.75 Å². The molecular weight excluding hydrogens is 487 g/mol. The molecule has 0 bridgehead atoms. The molecule has 6 nitrogen and oxygen atoms in total. The van der Waals surface area contributed by atoms with Crippen LogP contribution in [0.25, 0.3) is 0 Å². The van der Waals surface area contributed by atoms with E-state index in [4.69, 9.17) is 17.0 Å². The first-order valence-corrected chi connectivity index (χ1v) is 12.7. The van der Waals surface area contributed by atoms with Gasteiger partial charge >= 0.3 is 0 Å². The van der Waals surface area contributed by atoms with Gasteiger partial charge in [0.25, 0.3) is 5.91 Å². The van der Waals surface area contributed by atoms with Crippen molar-refractivity contribution in [2.24, 2.45) is 0 Å². The van der Waals surface area contributed by atoms with Crippen LogP contribution in [0.1, 0.15) is 56.9 Å². The Balaban J connectivity index is 1.72. The Labute approximate surface area is 214 Å². The SMILES string of the molecule is CC(C)(C)c1cc(CN2C(=O)COc3c(F)cc(CC4SC(=S)NC4=O)cc32)cc(C(C)(C)O)c1. The molecule has 2 heterocycles. The smallest absolute Gasteiger partial charge is 0.265 e. The van der Waals surface area contributed by atoms with Crippen LogP contribution in [0.15, 0.2) is 30.3 Å². The zero-order valence-electron chi connectivity index (χ0n) is 20.4. The molecule has 1 unspecified atom stereocenters. The van der Waals surface area contributed by atoms with Gasteiger partial charge in [0.05, 0.1) is 23.1 Å². The number of thioether (sulfide) groups is 1. The number of nitrogens with one attached hydrogen (secondary N) is 1. The molecule has 2 aromatic carbocycles. The molecule has 2 N–H and O–H groups in total. The third-order valence-electron chi connectivity index (χ3n) is 6.11. The lowest BCUT2D eigenvalue weighted by atomic mass is 9.82. The number of amides is 2. The van der Waals surface area contributed by atoms with Crippen molar-refractivity contribution >= 4 is 45.8 Å². The summed E-state index contributed by atoms with van der Waals surface area (Å²) in [5, 5.41) is 12.8. The number of hydrogen-bond acceptors (Lipinski definition) is 6. The molecular formula is C26H29FN2O4S2. The van der Waals surface area contributed by atoms with E-state index in [0.29, 0.717) is 15.6 Å². The monoisotopic (exact) mass is 516 g/mol. The molecule has 4 rings (SSSR count). The second-order valence-electron chi connectivity index (χ2n) is 10.5. The Morgan fingerprint density at radius 1 is 1.11 bits per heavy atom. The van der Waals surface area contributed by atoms with E-state index in [1.54, 1.807) is 19.9 Å². The van der Waals surface area contributed by atoms with Crippen molar-refractivity contribution in [1.82, 2.24) is 5.32 Å². The first-order chi connectivity index (χ1) is 16.2. The van der Waals surface area contributed by atoms with Gasteiger partial charge in [-0.3, -0.25) is 9.59 Å². The zero-order chi connectivity index (χ0) is 25.7. The largest absolute Gasteiger partial charge is 0.478 e. The number of benzene rings is 2. The fourth-order valence-corrected chi connectivity index (χ4v) is 5.42. The van der Waals surface area contributed by atoms with Gasteiger partial charge in [-0.2, -0.15) is 0 Å². The van der Waals surface area contributed by atoms with Crippen LogP contribution >= 0.6 is 24.0 Å². The van der Waals surface area contributed by atoms with Gasteiger partial charge < -0.3 is 20.1 Å². The summed E-state index contributed by atoms with van der Waals surface area (Å²) in [4.78, 5) is 26.6. The van der Waals surface area contributed by atoms with E-state index in [1.807, 2.05) is 18.2 Å². The highest BCUT2D eigenvalue weighted by molar-refractivity contribution is 8.24. The number of hydrogen-bond donors (Lipinski definition) is 2. The van der Waals surface area contributed by atoms with Crippen LogP contribution in [-0.2, 0) is 33.6 Å². The van der Waals surface area contributed by atoms with E-state index < -0.39 is 16.7 Å². The van der Waals surface area contributed by atoms with E-state index in [9.17, 15) is 14.7 Å². The van der Waals surface area contributed by atoms with Gasteiger partial charge in [-0.15, -0.1) is 0 Å². The Morgan fingerprint density at radius 2 is 1.80 bits per heavy atom. The predicted molar refractivity (Wildman–Crippen MR) is 139 cm³/mol. The molecule has 1 saturated heterocycles. The van der Waals surface area contributed by atoms with Crippen molar-refractivity contribution < 1.29 is 23.8 Å². The van der Waals surface area contributed by atoms with Crippen molar-refractivity contribution in [2.45, 2.75) is 63.9 Å². The van der Waals surface area contributed by atoms with Crippen molar-refractivity contribution in [2.75, 3.05) is 11.5 Å². The molecule has 0 aliphatic carbocycles. The van der Waals surface area contributed by atoms with E-state index in [0.717, 1.165) is 16.7 Å². The summed E-state index contributed by atoms with van der Waals surface area (Å²) in [6.07, 6.45) is 0.269. The fourth-order valence-electron chi connectivity index (χ4n) is 4.11. The first kappa shape index (κ1) is 25.6. The van der Waals surface area contributed by atoms with Gasteiger partial charge in [0.15, 0.2) is 18.2 Å². The third kappa shape index (κ3) is 5.52. The highest BCUT2D eigenvalue weighted by atomic mass is 32.2. The zero-order valence-corrected chi connectivity index (χ0v) is 22.0. The number of aliphatic hydroxyl groups is 1. The number of fused-ring (bicyclic) bond motifs is 1. The van der Waals surface area contributed by atoms with E-state index in [1.165, 1.54) is 22.7 Å². The summed E-state index contributed by atoms with van der Waals surface area (Å²) < 4.78 is 20.9. The highest BCUT2D eigenvalue weighted by Crippen LogP contribution is 2.38. The average molecular weight is 517 g/mol. The van der Waals surface area contributed by atoms with Crippen LogP contribution in [-0.4, -0.2) is 33.1 Å². The summed E-state index contributed by atoms with van der Waals surface area (Å²) in [6.45, 7) is 9.61. The number of halogens is 1. The Morgan fingerprint density at radius 3 is 2.40 bits per heavy atom. The van der Waals surface area contributed by atoms with Crippen LogP contribution in [0, 0.1) is 5.82 Å². The number of carbonyl (C=O) groups excluding carboxylic acids is 2. The topological polar surface area (TPSA) is 78.9 Å². The summed E-state index contributed by atoms with van der Waals surface area (Å²) in [5.41, 5.74) is 2.23. The van der Waals surface area contributed by atoms with Gasteiger partial charge in [0.1, 0.15) is 4.32 Å². The molecule has 35 heavy (non-hydrogen) atoms. The number of ether oxygens (including phenoxy) is 1. The number of nitrogens with zero attached hydrogens (tertiary/aromatic N) is 1. The molecule has 9 heteroatoms. The molecule has 2 aromatic rings. The van der Waals surface area contributed by atoms with E-state index >= 15 is 4.39 Å². The van der Waals surface area contributed by atoms with Crippen molar-refractivity contribution in [3.05, 3.63) is 58.4 Å². The van der Waals surface area contributed by atoms with Crippen LogP contribution in [0.3, 0.4) is 0 Å². The Hall–Kier alpha value is -2.49. The second kappa shape index (κ2) is 9.19. The summed E-state index contributed by atoms with van der Waals surface area (Å²) in [5.74, 6) is -1.07. The summed E-state index contributed by atoms with van der Waals surface area (Å²) >= 11 is 6.30. The van der Waals surface area contributed by atoms with E-state index in [-0.39, 0.29) is 42.6 Å². The first-order valence-electron chi connectivity index (χ1n) is 11.4. The van der Waals surface area contributed by atoms with Gasteiger partial charge in [-0.1, -0.05) is 63.0 Å². The molecule has 186 valence electrons. The summed E-state index contributed by atoms with van der Waals surface area (Å²) in [7, 11) is 0. The van der Waals surface area contributed by atoms with Gasteiger partial charge in [-0.05, 0) is 60.1 Å². The lowest BCUT2D eigenvalue weighted by Gasteiger charge is -2.31. The molecule has 2 aliphatic rings. The van der Waals surface area contributed by atoms with Crippen LogP contribution in [0.5, 0.6) is 5.75 Å². The Kier molecular flexibility index (Phi) is 6.72. The highest BCUT2D eigenvalue weighted by Gasteiger charge is 2.33. The molecule has 0 saturated carbocycles. The number of carbonyl (C=O) groups is 2. The van der Waals surface area contributed by atoms with Crippen LogP contribution in [0.4, 0.5) is 10.1 Å². The third-order valence-corrected chi connectivity index (χ3v) is 7.48. The lowest BCUT2D eigenvalue weighted by molar-refractivity contribution is -0.121. The molecule has 2 aliphatic heterocycles. The molecule has 0 spiro atoms. The van der Waals surface area contributed by atoms with Crippen LogP contribution in [0.2, 0.25) is 0 Å². The predicted octanol–water partition coefficient (Wildman–Crippen LogP) is 4.34. The molecule has 0 aromatic heterocycles. The molecule has 1 fully saturated rings. The minimum atomic E-state index is -1.07. The standard InChI is InChI=1S/C26H29FN2O4S2/c1-25(2,3)16-6-15(7-17(11-16)26(4,5)32)12-29-19-9-14(10-20-23(31)28-24(34)35-20)8-18(27)22(19)33-13-21(29)30/h6-9,11,20,32H,10,12-13H2,1-5H3,(H,28,31,34). The number of thiocarbonyl (C=S) groups is 1. The van der Waals surface area contributed by atoms with Crippen molar-refractivity contribution in [1.29, 1.82) is 0 Å². The maximum absolute atomic E-state index is 15.0.